The third-order valence-corrected chi connectivity index (χ3v) is 7.15. The molecule has 10 heteroatoms. The molecule has 7 nitrogen and oxygen atoms in total. The van der Waals surface area contributed by atoms with Crippen molar-refractivity contribution in [2.75, 3.05) is 6.61 Å². The average Bonchev–Trinajstić information content (AvgIpc) is 3.46. The van der Waals surface area contributed by atoms with Crippen molar-refractivity contribution >= 4 is 11.8 Å². The number of carbonyl (C=O) groups excluding carboxylic acids is 1. The summed E-state index contributed by atoms with van der Waals surface area (Å²) < 4.78 is 50.3. The Bertz CT molecular complexity index is 1600. The number of halogens is 3. The van der Waals surface area contributed by atoms with Gasteiger partial charge in [-0.3, -0.25) is 4.79 Å². The number of hydrogen-bond acceptors (Lipinski definition) is 6. The Morgan fingerprint density at radius 3 is 2.29 bits per heavy atom. The second kappa shape index (κ2) is 15.2. The molecule has 2 N–H and O–H groups in total. The summed E-state index contributed by atoms with van der Waals surface area (Å²) >= 11 is 0. The van der Waals surface area contributed by atoms with Gasteiger partial charge in [0.1, 0.15) is 17.6 Å². The van der Waals surface area contributed by atoms with Gasteiger partial charge >= 0.3 is 12.1 Å². The van der Waals surface area contributed by atoms with Crippen LogP contribution in [0.5, 0.6) is 5.75 Å². The molecular formula is C35H35F3N2O5. The van der Waals surface area contributed by atoms with Gasteiger partial charge in [-0.25, -0.2) is 9.78 Å². The van der Waals surface area contributed by atoms with Crippen molar-refractivity contribution in [3.8, 4) is 17.2 Å². The van der Waals surface area contributed by atoms with E-state index in [1.807, 2.05) is 37.3 Å². The van der Waals surface area contributed by atoms with Gasteiger partial charge in [0.2, 0.25) is 5.89 Å². The van der Waals surface area contributed by atoms with E-state index in [1.165, 1.54) is 6.08 Å². The highest BCUT2D eigenvalue weighted by atomic mass is 19.4. The van der Waals surface area contributed by atoms with Gasteiger partial charge in [0.15, 0.2) is 5.78 Å². The minimum Gasteiger partial charge on any atom is -0.494 e. The second-order valence-corrected chi connectivity index (χ2v) is 10.4. The molecule has 0 fully saturated rings. The van der Waals surface area contributed by atoms with Gasteiger partial charge in [-0.15, -0.1) is 0 Å². The monoisotopic (exact) mass is 620 g/mol. The minimum atomic E-state index is -4.50. The Kier molecular flexibility index (Phi) is 11.2. The molecule has 0 amide bonds. The summed E-state index contributed by atoms with van der Waals surface area (Å²) in [7, 11) is 0. The smallest absolute Gasteiger partial charge is 0.416 e. The van der Waals surface area contributed by atoms with Crippen molar-refractivity contribution in [1.82, 2.24) is 10.3 Å². The molecular weight excluding hydrogens is 585 g/mol. The molecule has 0 radical (unpaired) electrons. The van der Waals surface area contributed by atoms with E-state index in [0.29, 0.717) is 36.8 Å². The third-order valence-electron chi connectivity index (χ3n) is 7.15. The van der Waals surface area contributed by atoms with Crippen LogP contribution in [0.3, 0.4) is 0 Å². The van der Waals surface area contributed by atoms with Crippen molar-refractivity contribution in [1.29, 1.82) is 0 Å². The largest absolute Gasteiger partial charge is 0.494 e. The standard InChI is InChI=1S/C35H35F3N2O5/c1-3-27(22-31(41)24-14-16-26(17-15-24)35(36,37)38)39-30(34(42)43)21-23-12-18-28(19-13-23)44-20-8-11-29-32(4-2)45-33(40-29)25-9-6-5-7-10-25/h5-7,9-10,12-19,22,30,39H,3-4,8,11,20-21H2,1-2H3,(H,42,43)/b27-22-/t30-/m0/s1. The lowest BCUT2D eigenvalue weighted by Crippen LogP contribution is -2.38. The van der Waals surface area contributed by atoms with E-state index in [2.05, 4.69) is 10.3 Å². The van der Waals surface area contributed by atoms with Crippen molar-refractivity contribution in [3.05, 3.63) is 119 Å². The fourth-order valence-corrected chi connectivity index (χ4v) is 4.68. The number of ether oxygens (including phenoxy) is 1. The highest BCUT2D eigenvalue weighted by Crippen LogP contribution is 2.29. The molecule has 0 unspecified atom stereocenters. The molecule has 4 rings (SSSR count). The number of benzene rings is 3. The van der Waals surface area contributed by atoms with Crippen LogP contribution in [0.1, 0.15) is 59.6 Å². The van der Waals surface area contributed by atoms with Crippen LogP contribution in [0.4, 0.5) is 13.2 Å². The van der Waals surface area contributed by atoms with E-state index >= 15 is 0 Å². The number of nitrogens with one attached hydrogen (secondary N) is 1. The maximum atomic E-state index is 12.8. The molecule has 4 aromatic rings. The Labute approximate surface area is 259 Å². The molecule has 0 aliphatic carbocycles. The molecule has 45 heavy (non-hydrogen) atoms. The summed E-state index contributed by atoms with van der Waals surface area (Å²) in [5, 5.41) is 12.7. The first-order valence-electron chi connectivity index (χ1n) is 14.7. The lowest BCUT2D eigenvalue weighted by Gasteiger charge is -2.18. The fourth-order valence-electron chi connectivity index (χ4n) is 4.68. The minimum absolute atomic E-state index is 0.0713. The Morgan fingerprint density at radius 1 is 1.00 bits per heavy atom. The summed E-state index contributed by atoms with van der Waals surface area (Å²) in [6.45, 7) is 4.24. The predicted octanol–water partition coefficient (Wildman–Crippen LogP) is 7.70. The first kappa shape index (κ1) is 33.0. The molecule has 0 bridgehead atoms. The number of rotatable bonds is 15. The van der Waals surface area contributed by atoms with Gasteiger partial charge in [0, 0.05) is 35.7 Å². The number of hydrogen-bond donors (Lipinski definition) is 2. The molecule has 0 spiro atoms. The molecule has 1 aromatic heterocycles. The van der Waals surface area contributed by atoms with Crippen molar-refractivity contribution < 1.29 is 37.0 Å². The molecule has 3 aromatic carbocycles. The van der Waals surface area contributed by atoms with Crippen molar-refractivity contribution in [2.45, 2.75) is 58.2 Å². The van der Waals surface area contributed by atoms with Gasteiger partial charge in [0.25, 0.3) is 0 Å². The number of aryl methyl sites for hydroxylation is 2. The number of aliphatic carboxylic acids is 1. The Balaban J connectivity index is 1.30. The molecule has 1 heterocycles. The first-order chi connectivity index (χ1) is 21.6. The number of nitrogens with zero attached hydrogens (tertiary/aromatic N) is 1. The molecule has 0 aliphatic heterocycles. The summed E-state index contributed by atoms with van der Waals surface area (Å²) in [4.78, 5) is 29.3. The zero-order chi connectivity index (χ0) is 32.4. The van der Waals surface area contributed by atoms with Gasteiger partial charge < -0.3 is 19.6 Å². The van der Waals surface area contributed by atoms with Gasteiger partial charge in [0.05, 0.1) is 17.9 Å². The van der Waals surface area contributed by atoms with Crippen LogP contribution in [0.2, 0.25) is 0 Å². The van der Waals surface area contributed by atoms with Gasteiger partial charge in [-0.05, 0) is 61.2 Å². The summed E-state index contributed by atoms with van der Waals surface area (Å²) in [6, 6.07) is 19.7. The number of aromatic nitrogens is 1. The average molecular weight is 621 g/mol. The summed E-state index contributed by atoms with van der Waals surface area (Å²) in [5.41, 5.74) is 2.18. The fraction of sp³-hybridized carbons (Fsp3) is 0.286. The van der Waals surface area contributed by atoms with Gasteiger partial charge in [-0.1, -0.05) is 56.3 Å². The Hall–Kier alpha value is -4.86. The SMILES string of the molecule is CC/C(=C/C(=O)c1ccc(C(F)(F)F)cc1)N[C@@H](Cc1ccc(OCCCc2nc(-c3ccccc3)oc2CC)cc1)C(=O)O. The number of oxazole rings is 1. The van der Waals surface area contributed by atoms with Crippen LogP contribution in [0.15, 0.2) is 95.1 Å². The number of carboxylic acid groups (broad SMARTS) is 1. The highest BCUT2D eigenvalue weighted by molar-refractivity contribution is 6.04. The van der Waals surface area contributed by atoms with Crippen LogP contribution < -0.4 is 10.1 Å². The second-order valence-electron chi connectivity index (χ2n) is 10.4. The van der Waals surface area contributed by atoms with E-state index in [4.69, 9.17) is 9.15 Å². The number of alkyl halides is 3. The number of carbonyl (C=O) groups is 2. The quantitative estimate of drug-likeness (QED) is 0.0798. The number of ketones is 1. The van der Waals surface area contributed by atoms with Crippen LogP contribution in [-0.2, 0) is 30.2 Å². The molecule has 0 aliphatic rings. The molecule has 0 saturated heterocycles. The summed E-state index contributed by atoms with van der Waals surface area (Å²) in [6.07, 6.45) is -0.634. The Morgan fingerprint density at radius 2 is 1.69 bits per heavy atom. The third kappa shape index (κ3) is 9.31. The van der Waals surface area contributed by atoms with Crippen molar-refractivity contribution in [2.24, 2.45) is 0 Å². The molecule has 236 valence electrons. The highest BCUT2D eigenvalue weighted by Gasteiger charge is 2.30. The first-order valence-corrected chi connectivity index (χ1v) is 14.7. The molecule has 1 atom stereocenters. The van der Waals surface area contributed by atoms with Crippen LogP contribution in [0.25, 0.3) is 11.5 Å². The van der Waals surface area contributed by atoms with Crippen LogP contribution in [-0.4, -0.2) is 34.5 Å². The van der Waals surface area contributed by atoms with Gasteiger partial charge in [-0.2, -0.15) is 13.2 Å². The number of carboxylic acids is 1. The van der Waals surface area contributed by atoms with E-state index in [9.17, 15) is 27.9 Å². The van der Waals surface area contributed by atoms with Crippen LogP contribution >= 0.6 is 0 Å². The maximum Gasteiger partial charge on any atom is 0.416 e. The molecule has 0 saturated carbocycles. The predicted molar refractivity (Wildman–Crippen MR) is 164 cm³/mol. The maximum absolute atomic E-state index is 12.8. The normalized spacial score (nSPS) is 12.5. The topological polar surface area (TPSA) is 102 Å². The lowest BCUT2D eigenvalue weighted by atomic mass is 10.0. The summed E-state index contributed by atoms with van der Waals surface area (Å²) in [5.74, 6) is 0.497. The van der Waals surface area contributed by atoms with E-state index in [-0.39, 0.29) is 12.0 Å². The number of allylic oxidation sites excluding steroid dienone is 2. The van der Waals surface area contributed by atoms with E-state index in [1.54, 1.807) is 31.2 Å². The lowest BCUT2D eigenvalue weighted by molar-refractivity contribution is -0.139. The van der Waals surface area contributed by atoms with E-state index in [0.717, 1.165) is 59.7 Å². The van der Waals surface area contributed by atoms with E-state index < -0.39 is 29.5 Å². The van der Waals surface area contributed by atoms with Crippen molar-refractivity contribution in [3.63, 3.8) is 0 Å². The van der Waals surface area contributed by atoms with Crippen LogP contribution in [0, 0.1) is 0 Å². The zero-order valence-corrected chi connectivity index (χ0v) is 25.1. The zero-order valence-electron chi connectivity index (χ0n) is 25.1.